The van der Waals surface area contributed by atoms with Crippen molar-refractivity contribution in [3.05, 3.63) is 59.8 Å². The quantitative estimate of drug-likeness (QED) is 0.725. The van der Waals surface area contributed by atoms with Crippen molar-refractivity contribution in [2.24, 2.45) is 5.92 Å². The number of hydrogen-bond acceptors (Lipinski definition) is 5. The second kappa shape index (κ2) is 6.29. The zero-order chi connectivity index (χ0) is 17.4. The van der Waals surface area contributed by atoms with E-state index in [1.165, 1.54) is 18.6 Å². The van der Waals surface area contributed by atoms with Crippen LogP contribution in [0.2, 0.25) is 0 Å². The van der Waals surface area contributed by atoms with Gasteiger partial charge in [-0.3, -0.25) is 4.79 Å². The summed E-state index contributed by atoms with van der Waals surface area (Å²) in [5.74, 6) is -0.138. The zero-order valence-corrected chi connectivity index (χ0v) is 14.4. The Morgan fingerprint density at radius 2 is 2.00 bits per heavy atom. The number of benzene rings is 2. The van der Waals surface area contributed by atoms with E-state index in [-0.39, 0.29) is 23.7 Å². The molecule has 1 saturated carbocycles. The van der Waals surface area contributed by atoms with Gasteiger partial charge < -0.3 is 10.1 Å². The number of carbonyl (C=O) groups excluding carboxylic acids is 2. The fourth-order valence-corrected chi connectivity index (χ4v) is 3.70. The monoisotopic (exact) mass is 352 g/mol. The molecule has 126 valence electrons. The first-order valence-corrected chi connectivity index (χ1v) is 8.76. The maximum absolute atomic E-state index is 12.5. The highest BCUT2D eigenvalue weighted by atomic mass is 32.1. The molecule has 2 atom stereocenters. The smallest absolute Gasteiger partial charge is 0.337 e. The topological polar surface area (TPSA) is 68.3 Å². The van der Waals surface area contributed by atoms with Crippen LogP contribution in [0.3, 0.4) is 0 Å². The number of rotatable bonds is 4. The lowest BCUT2D eigenvalue weighted by Crippen LogP contribution is -2.14. The molecule has 6 heteroatoms. The predicted molar refractivity (Wildman–Crippen MR) is 96.9 cm³/mol. The van der Waals surface area contributed by atoms with Gasteiger partial charge in [-0.05, 0) is 59.8 Å². The van der Waals surface area contributed by atoms with Crippen LogP contribution in [0, 0.1) is 5.92 Å². The summed E-state index contributed by atoms with van der Waals surface area (Å²) in [5, 5.41) is 4.07. The molecule has 1 aliphatic rings. The van der Waals surface area contributed by atoms with E-state index in [4.69, 9.17) is 4.74 Å². The Bertz CT molecular complexity index is 949. The van der Waals surface area contributed by atoms with Crippen molar-refractivity contribution in [1.29, 1.82) is 0 Å². The number of anilines is 1. The van der Waals surface area contributed by atoms with Gasteiger partial charge in [0.2, 0.25) is 5.91 Å². The van der Waals surface area contributed by atoms with E-state index in [0.717, 1.165) is 27.8 Å². The van der Waals surface area contributed by atoms with Gasteiger partial charge in [0.15, 0.2) is 0 Å². The Kier molecular flexibility index (Phi) is 3.97. The van der Waals surface area contributed by atoms with Gasteiger partial charge in [0.05, 0.1) is 17.4 Å². The summed E-state index contributed by atoms with van der Waals surface area (Å²) in [6, 6.07) is 13.1. The van der Waals surface area contributed by atoms with Crippen molar-refractivity contribution < 1.29 is 14.3 Å². The van der Waals surface area contributed by atoms with Crippen LogP contribution >= 0.6 is 11.5 Å². The minimum absolute atomic E-state index is 0.0267. The van der Waals surface area contributed by atoms with Crippen LogP contribution in [0.1, 0.15) is 28.3 Å². The van der Waals surface area contributed by atoms with E-state index < -0.39 is 0 Å². The second-order valence-electron chi connectivity index (χ2n) is 6.13. The van der Waals surface area contributed by atoms with Crippen LogP contribution < -0.4 is 5.32 Å². The van der Waals surface area contributed by atoms with Gasteiger partial charge in [0.1, 0.15) is 0 Å². The molecule has 0 aliphatic heterocycles. The maximum atomic E-state index is 12.5. The number of fused-ring (bicyclic) bond motifs is 1. The molecule has 0 bridgehead atoms. The van der Waals surface area contributed by atoms with Crippen LogP contribution in [0.4, 0.5) is 5.69 Å². The molecule has 4 rings (SSSR count). The summed E-state index contributed by atoms with van der Waals surface area (Å²) in [4.78, 5) is 23.9. The summed E-state index contributed by atoms with van der Waals surface area (Å²) >= 11 is 1.42. The van der Waals surface area contributed by atoms with Crippen molar-refractivity contribution in [2.75, 3.05) is 12.4 Å². The minimum atomic E-state index is -0.352. The highest BCUT2D eigenvalue weighted by Gasteiger charge is 2.43. The molecule has 0 saturated heterocycles. The minimum Gasteiger partial charge on any atom is -0.465 e. The third-order valence-corrected chi connectivity index (χ3v) is 5.27. The van der Waals surface area contributed by atoms with Crippen molar-refractivity contribution in [1.82, 2.24) is 4.37 Å². The maximum Gasteiger partial charge on any atom is 0.337 e. The van der Waals surface area contributed by atoms with Crippen LogP contribution in [-0.4, -0.2) is 23.4 Å². The highest BCUT2D eigenvalue weighted by molar-refractivity contribution is 7.13. The van der Waals surface area contributed by atoms with Crippen molar-refractivity contribution in [3.8, 4) is 0 Å². The summed E-state index contributed by atoms with van der Waals surface area (Å²) in [6.45, 7) is 0. The molecule has 0 radical (unpaired) electrons. The first kappa shape index (κ1) is 15.8. The van der Waals surface area contributed by atoms with E-state index in [1.54, 1.807) is 12.1 Å². The van der Waals surface area contributed by atoms with Crippen LogP contribution in [-0.2, 0) is 9.53 Å². The number of amides is 1. The number of esters is 1. The fraction of sp³-hybridized carbons (Fsp3) is 0.211. The van der Waals surface area contributed by atoms with Gasteiger partial charge in [-0.15, -0.1) is 0 Å². The van der Waals surface area contributed by atoms with Gasteiger partial charge in [0, 0.05) is 23.2 Å². The SMILES string of the molecule is COC(=O)c1ccc(C2CC2C(=O)Nc2ccc3cnsc3c2)cc1. The van der Waals surface area contributed by atoms with Crippen molar-refractivity contribution in [2.45, 2.75) is 12.3 Å². The van der Waals surface area contributed by atoms with E-state index >= 15 is 0 Å². The third-order valence-electron chi connectivity index (χ3n) is 4.51. The molecule has 0 spiro atoms. The molecule has 1 heterocycles. The molecule has 2 aromatic carbocycles. The molecule has 1 amide bonds. The Balaban J connectivity index is 1.41. The standard InChI is InChI=1S/C19H16N2O3S/c1-24-19(23)12-4-2-11(3-5-12)15-9-16(15)18(22)21-14-7-6-13-10-20-25-17(13)8-14/h2-8,10,15-16H,9H2,1H3,(H,21,22). The number of methoxy groups -OCH3 is 1. The number of aromatic nitrogens is 1. The lowest BCUT2D eigenvalue weighted by atomic mass is 10.1. The summed E-state index contributed by atoms with van der Waals surface area (Å²) in [6.07, 6.45) is 2.65. The van der Waals surface area contributed by atoms with Crippen LogP contribution in [0.5, 0.6) is 0 Å². The molecule has 3 aromatic rings. The largest absolute Gasteiger partial charge is 0.465 e. The molecule has 1 fully saturated rings. The van der Waals surface area contributed by atoms with Gasteiger partial charge in [0.25, 0.3) is 0 Å². The average molecular weight is 352 g/mol. The lowest BCUT2D eigenvalue weighted by Gasteiger charge is -2.06. The van der Waals surface area contributed by atoms with Crippen LogP contribution in [0.25, 0.3) is 10.1 Å². The van der Waals surface area contributed by atoms with Gasteiger partial charge >= 0.3 is 5.97 Å². The molecular formula is C19H16N2O3S. The highest BCUT2D eigenvalue weighted by Crippen LogP contribution is 2.48. The Morgan fingerprint density at radius 3 is 2.76 bits per heavy atom. The Labute approximate surface area is 148 Å². The van der Waals surface area contributed by atoms with Gasteiger partial charge in [-0.1, -0.05) is 12.1 Å². The number of nitrogens with zero attached hydrogens (tertiary/aromatic N) is 1. The molecular weight excluding hydrogens is 336 g/mol. The van der Waals surface area contributed by atoms with Gasteiger partial charge in [-0.2, -0.15) is 4.37 Å². The Morgan fingerprint density at radius 1 is 1.20 bits per heavy atom. The van der Waals surface area contributed by atoms with E-state index in [2.05, 4.69) is 9.69 Å². The van der Waals surface area contributed by atoms with Crippen molar-refractivity contribution >= 4 is 39.2 Å². The summed E-state index contributed by atoms with van der Waals surface area (Å²) < 4.78 is 9.90. The van der Waals surface area contributed by atoms with E-state index in [9.17, 15) is 9.59 Å². The zero-order valence-electron chi connectivity index (χ0n) is 13.6. The number of ether oxygens (including phenoxy) is 1. The second-order valence-corrected chi connectivity index (χ2v) is 6.96. The number of carbonyl (C=O) groups is 2. The molecule has 5 nitrogen and oxygen atoms in total. The average Bonchev–Trinajstić information content (AvgIpc) is 3.31. The molecule has 1 N–H and O–H groups in total. The summed E-state index contributed by atoms with van der Waals surface area (Å²) in [5.41, 5.74) is 2.39. The normalized spacial score (nSPS) is 18.8. The number of hydrogen-bond donors (Lipinski definition) is 1. The first-order valence-electron chi connectivity index (χ1n) is 7.99. The lowest BCUT2D eigenvalue weighted by molar-refractivity contribution is -0.117. The summed E-state index contributed by atoms with van der Waals surface area (Å²) in [7, 11) is 1.36. The van der Waals surface area contributed by atoms with Crippen LogP contribution in [0.15, 0.2) is 48.7 Å². The number of nitrogens with one attached hydrogen (secondary N) is 1. The third kappa shape index (κ3) is 3.13. The van der Waals surface area contributed by atoms with E-state index in [0.29, 0.717) is 5.56 Å². The molecule has 2 unspecified atom stereocenters. The fourth-order valence-electron chi connectivity index (χ4n) is 3.01. The van der Waals surface area contributed by atoms with E-state index in [1.807, 2.05) is 36.5 Å². The molecule has 1 aliphatic carbocycles. The first-order chi connectivity index (χ1) is 12.2. The van der Waals surface area contributed by atoms with Gasteiger partial charge in [-0.25, -0.2) is 4.79 Å². The predicted octanol–water partition coefficient (Wildman–Crippen LogP) is 3.83. The van der Waals surface area contributed by atoms with Crippen molar-refractivity contribution in [3.63, 3.8) is 0 Å². The molecule has 1 aromatic heterocycles. The molecule has 25 heavy (non-hydrogen) atoms. The Hall–Kier alpha value is -2.73.